The molecule has 0 aromatic carbocycles. The van der Waals surface area contributed by atoms with Gasteiger partial charge in [-0.05, 0) is 37.3 Å². The highest BCUT2D eigenvalue weighted by molar-refractivity contribution is 5.92. The van der Waals surface area contributed by atoms with E-state index in [2.05, 4.69) is 4.98 Å². The lowest BCUT2D eigenvalue weighted by molar-refractivity contribution is -0.142. The van der Waals surface area contributed by atoms with Crippen LogP contribution in [0, 0.1) is 0 Å². The third kappa shape index (κ3) is 3.95. The average Bonchev–Trinajstić information content (AvgIpc) is 2.53. The van der Waals surface area contributed by atoms with Crippen LogP contribution in [0.2, 0.25) is 0 Å². The van der Waals surface area contributed by atoms with Gasteiger partial charge in [0.2, 0.25) is 5.88 Å². The van der Waals surface area contributed by atoms with E-state index in [1.54, 1.807) is 6.92 Å². The third-order valence-electron chi connectivity index (χ3n) is 4.02. The van der Waals surface area contributed by atoms with E-state index in [0.717, 1.165) is 19.3 Å². The molecule has 0 radical (unpaired) electrons. The molecule has 2 rings (SSSR count). The molecule has 1 aliphatic rings. The molecule has 0 saturated heterocycles. The number of aromatic nitrogens is 1. The number of esters is 1. The Balaban J connectivity index is 2.55. The molecule has 4 nitrogen and oxygen atoms in total. The number of rotatable bonds is 4. The molecule has 23 heavy (non-hydrogen) atoms. The zero-order valence-electron chi connectivity index (χ0n) is 13.2. The molecule has 1 fully saturated rings. The predicted molar refractivity (Wildman–Crippen MR) is 77.6 cm³/mol. The summed E-state index contributed by atoms with van der Waals surface area (Å²) in [6, 6.07) is 1.25. The van der Waals surface area contributed by atoms with Gasteiger partial charge in [-0.3, -0.25) is 0 Å². The molecule has 128 valence electrons. The van der Waals surface area contributed by atoms with E-state index in [1.807, 2.05) is 0 Å². The number of hydrogen-bond acceptors (Lipinski definition) is 4. The van der Waals surface area contributed by atoms with Crippen LogP contribution in [0.25, 0.3) is 0 Å². The number of ether oxygens (including phenoxy) is 2. The minimum absolute atomic E-state index is 0.0528. The summed E-state index contributed by atoms with van der Waals surface area (Å²) in [6.45, 7) is 1.76. The van der Waals surface area contributed by atoms with Crippen molar-refractivity contribution in [3.8, 4) is 5.88 Å². The molecule has 1 aliphatic carbocycles. The number of carbonyl (C=O) groups is 1. The van der Waals surface area contributed by atoms with Crippen LogP contribution in [0.1, 0.15) is 66.6 Å². The van der Waals surface area contributed by atoms with Crippen LogP contribution in [0.3, 0.4) is 0 Å². The first-order chi connectivity index (χ1) is 10.9. The summed E-state index contributed by atoms with van der Waals surface area (Å²) in [7, 11) is 1.19. The lowest BCUT2D eigenvalue weighted by Gasteiger charge is -2.25. The third-order valence-corrected chi connectivity index (χ3v) is 4.02. The number of pyridine rings is 1. The molecule has 1 aromatic heterocycles. The van der Waals surface area contributed by atoms with Gasteiger partial charge in [-0.2, -0.15) is 13.2 Å². The number of halogens is 3. The van der Waals surface area contributed by atoms with Gasteiger partial charge in [0, 0.05) is 0 Å². The van der Waals surface area contributed by atoms with Gasteiger partial charge in [-0.25, -0.2) is 9.78 Å². The van der Waals surface area contributed by atoms with Crippen LogP contribution in [-0.2, 0) is 10.9 Å². The van der Waals surface area contributed by atoms with Crippen molar-refractivity contribution >= 4 is 5.97 Å². The van der Waals surface area contributed by atoms with E-state index in [4.69, 9.17) is 9.47 Å². The van der Waals surface area contributed by atoms with Crippen molar-refractivity contribution < 1.29 is 27.4 Å². The fourth-order valence-electron chi connectivity index (χ4n) is 2.97. The van der Waals surface area contributed by atoms with E-state index in [9.17, 15) is 18.0 Å². The molecule has 0 bridgehead atoms. The topological polar surface area (TPSA) is 48.4 Å². The molecule has 0 atom stereocenters. The Morgan fingerprint density at radius 3 is 2.48 bits per heavy atom. The zero-order chi connectivity index (χ0) is 17.0. The van der Waals surface area contributed by atoms with Crippen molar-refractivity contribution in [2.75, 3.05) is 13.7 Å². The minimum Gasteiger partial charge on any atom is -0.480 e. The fraction of sp³-hybridized carbons (Fsp3) is 0.625. The lowest BCUT2D eigenvalue weighted by atomic mass is 9.82. The molecule has 1 aromatic rings. The second-order valence-corrected chi connectivity index (χ2v) is 5.54. The highest BCUT2D eigenvalue weighted by Gasteiger charge is 2.39. The van der Waals surface area contributed by atoms with Gasteiger partial charge in [0.15, 0.2) is 5.69 Å². The normalized spacial score (nSPS) is 16.2. The van der Waals surface area contributed by atoms with Gasteiger partial charge in [-0.15, -0.1) is 0 Å². The maximum atomic E-state index is 13.4. The smallest absolute Gasteiger partial charge is 0.433 e. The van der Waals surface area contributed by atoms with Gasteiger partial charge in [0.05, 0.1) is 13.7 Å². The number of carbonyl (C=O) groups excluding carboxylic acids is 1. The van der Waals surface area contributed by atoms with Gasteiger partial charge in [0.25, 0.3) is 0 Å². The first-order valence-electron chi connectivity index (χ1n) is 7.71. The molecule has 0 aliphatic heterocycles. The molecule has 0 spiro atoms. The molecule has 0 unspecified atom stereocenters. The molecule has 0 N–H and O–H groups in total. The van der Waals surface area contributed by atoms with E-state index >= 15 is 0 Å². The largest absolute Gasteiger partial charge is 0.480 e. The first-order valence-corrected chi connectivity index (χ1v) is 7.71. The SMILES string of the molecule is CCOC(=O)c1cc(C2CCCCC2)c(C(F)(F)F)nc1OC. The Hall–Kier alpha value is -1.79. The van der Waals surface area contributed by atoms with Gasteiger partial charge >= 0.3 is 12.1 Å². The quantitative estimate of drug-likeness (QED) is 0.770. The maximum absolute atomic E-state index is 13.4. The summed E-state index contributed by atoms with van der Waals surface area (Å²) in [5.41, 5.74) is -0.946. The van der Waals surface area contributed by atoms with E-state index in [1.165, 1.54) is 13.2 Å². The monoisotopic (exact) mass is 331 g/mol. The van der Waals surface area contributed by atoms with Crippen LogP contribution in [0.15, 0.2) is 6.07 Å². The Bertz CT molecular complexity index is 566. The molecule has 7 heteroatoms. The number of methoxy groups -OCH3 is 1. The summed E-state index contributed by atoms with van der Waals surface area (Å²) < 4.78 is 49.9. The standard InChI is InChI=1S/C16H20F3NO3/c1-3-23-15(21)12-9-11(10-7-5-4-6-8-10)13(16(17,18)19)20-14(12)22-2/h9-10H,3-8H2,1-2H3. The Kier molecular flexibility index (Phi) is 5.49. The van der Waals surface area contributed by atoms with Crippen molar-refractivity contribution in [2.24, 2.45) is 0 Å². The van der Waals surface area contributed by atoms with Gasteiger partial charge in [-0.1, -0.05) is 19.3 Å². The molecule has 1 heterocycles. The Labute approximate surface area is 133 Å². The summed E-state index contributed by atoms with van der Waals surface area (Å²) in [6.07, 6.45) is -0.483. The van der Waals surface area contributed by atoms with Crippen molar-refractivity contribution in [1.29, 1.82) is 0 Å². The average molecular weight is 331 g/mol. The fourth-order valence-corrected chi connectivity index (χ4v) is 2.97. The molecule has 1 saturated carbocycles. The number of hydrogen-bond donors (Lipinski definition) is 0. The zero-order valence-corrected chi connectivity index (χ0v) is 13.2. The number of alkyl halides is 3. The van der Waals surface area contributed by atoms with E-state index in [-0.39, 0.29) is 29.5 Å². The summed E-state index contributed by atoms with van der Waals surface area (Å²) in [5, 5.41) is 0. The van der Waals surface area contributed by atoms with Crippen molar-refractivity contribution in [3.05, 3.63) is 22.9 Å². The van der Waals surface area contributed by atoms with Crippen molar-refractivity contribution in [1.82, 2.24) is 4.98 Å². The molecule has 0 amide bonds. The first kappa shape index (κ1) is 17.6. The van der Waals surface area contributed by atoms with Crippen LogP contribution in [0.4, 0.5) is 13.2 Å². The van der Waals surface area contributed by atoms with Crippen LogP contribution < -0.4 is 4.74 Å². The van der Waals surface area contributed by atoms with Gasteiger partial charge in [0.1, 0.15) is 5.56 Å². The summed E-state index contributed by atoms with van der Waals surface area (Å²) >= 11 is 0. The summed E-state index contributed by atoms with van der Waals surface area (Å²) in [4.78, 5) is 15.6. The lowest BCUT2D eigenvalue weighted by Crippen LogP contribution is -2.19. The predicted octanol–water partition coefficient (Wildman–Crippen LogP) is 4.33. The molecular formula is C16H20F3NO3. The number of nitrogens with zero attached hydrogens (tertiary/aromatic N) is 1. The van der Waals surface area contributed by atoms with Crippen LogP contribution in [0.5, 0.6) is 5.88 Å². The highest BCUT2D eigenvalue weighted by atomic mass is 19.4. The highest BCUT2D eigenvalue weighted by Crippen LogP contribution is 2.41. The van der Waals surface area contributed by atoms with Crippen LogP contribution in [-0.4, -0.2) is 24.7 Å². The van der Waals surface area contributed by atoms with E-state index < -0.39 is 17.8 Å². The second-order valence-electron chi connectivity index (χ2n) is 5.54. The second kappa shape index (κ2) is 7.19. The Morgan fingerprint density at radius 1 is 1.30 bits per heavy atom. The van der Waals surface area contributed by atoms with Crippen molar-refractivity contribution in [2.45, 2.75) is 51.1 Å². The summed E-state index contributed by atoms with van der Waals surface area (Å²) in [5.74, 6) is -1.31. The van der Waals surface area contributed by atoms with Crippen molar-refractivity contribution in [3.63, 3.8) is 0 Å². The molecular weight excluding hydrogens is 311 g/mol. The van der Waals surface area contributed by atoms with E-state index in [0.29, 0.717) is 12.8 Å². The van der Waals surface area contributed by atoms with Gasteiger partial charge < -0.3 is 9.47 Å². The maximum Gasteiger partial charge on any atom is 0.433 e. The Morgan fingerprint density at radius 2 is 1.96 bits per heavy atom. The minimum atomic E-state index is -4.59. The van der Waals surface area contributed by atoms with Crippen LogP contribution >= 0.6 is 0 Å².